The van der Waals surface area contributed by atoms with Crippen molar-refractivity contribution in [3.63, 3.8) is 0 Å². The van der Waals surface area contributed by atoms with Gasteiger partial charge in [0.25, 0.3) is 0 Å². The topological polar surface area (TPSA) is 35.2 Å². The molecule has 1 fully saturated rings. The SMILES string of the molecule is NC(=S)c1ccc(OC2CCCCC2)c(F)c1Br. The molecule has 1 aliphatic rings. The molecule has 0 radical (unpaired) electrons. The van der Waals surface area contributed by atoms with Gasteiger partial charge in [0.1, 0.15) is 4.99 Å². The highest BCUT2D eigenvalue weighted by Gasteiger charge is 2.19. The Bertz CT molecular complexity index is 461. The second-order valence-corrected chi connectivity index (χ2v) is 5.71. The molecule has 2 N–H and O–H groups in total. The van der Waals surface area contributed by atoms with Crippen LogP contribution in [0.25, 0.3) is 0 Å². The van der Waals surface area contributed by atoms with Crippen molar-refractivity contribution in [1.82, 2.24) is 0 Å². The predicted octanol–water partition coefficient (Wildman–Crippen LogP) is 3.93. The van der Waals surface area contributed by atoms with Crippen LogP contribution < -0.4 is 10.5 Å². The minimum atomic E-state index is -0.425. The number of halogens is 2. The van der Waals surface area contributed by atoms with Gasteiger partial charge in [0.05, 0.1) is 10.6 Å². The highest BCUT2D eigenvalue weighted by Crippen LogP contribution is 2.31. The number of benzene rings is 1. The molecule has 18 heavy (non-hydrogen) atoms. The van der Waals surface area contributed by atoms with Gasteiger partial charge in [0.15, 0.2) is 11.6 Å². The lowest BCUT2D eigenvalue weighted by Crippen LogP contribution is -2.20. The van der Waals surface area contributed by atoms with E-state index < -0.39 is 5.82 Å². The first kappa shape index (κ1) is 13.7. The number of rotatable bonds is 3. The van der Waals surface area contributed by atoms with E-state index in [-0.39, 0.29) is 21.3 Å². The summed E-state index contributed by atoms with van der Waals surface area (Å²) in [6.45, 7) is 0. The number of nitrogens with two attached hydrogens (primary N) is 1. The minimum Gasteiger partial charge on any atom is -0.487 e. The molecule has 98 valence electrons. The molecule has 0 spiro atoms. The molecule has 0 heterocycles. The van der Waals surface area contributed by atoms with Crippen molar-refractivity contribution >= 4 is 33.1 Å². The second kappa shape index (κ2) is 5.97. The van der Waals surface area contributed by atoms with Crippen LogP contribution in [0, 0.1) is 5.82 Å². The molecule has 0 atom stereocenters. The van der Waals surface area contributed by atoms with Crippen molar-refractivity contribution in [2.75, 3.05) is 0 Å². The summed E-state index contributed by atoms with van der Waals surface area (Å²) in [5.41, 5.74) is 6.01. The molecule has 0 aliphatic heterocycles. The molecule has 2 nitrogen and oxygen atoms in total. The molecule has 1 aliphatic carbocycles. The van der Waals surface area contributed by atoms with Gasteiger partial charge in [-0.3, -0.25) is 0 Å². The van der Waals surface area contributed by atoms with Crippen LogP contribution in [0.15, 0.2) is 16.6 Å². The van der Waals surface area contributed by atoms with Crippen molar-refractivity contribution in [2.24, 2.45) is 5.73 Å². The zero-order valence-corrected chi connectivity index (χ0v) is 12.3. The molecular formula is C13H15BrFNOS. The number of thiocarbonyl (C=S) groups is 1. The Kier molecular flexibility index (Phi) is 4.56. The molecule has 0 saturated heterocycles. The zero-order valence-electron chi connectivity index (χ0n) is 9.92. The number of ether oxygens (including phenoxy) is 1. The van der Waals surface area contributed by atoms with E-state index in [4.69, 9.17) is 22.7 Å². The van der Waals surface area contributed by atoms with E-state index in [9.17, 15) is 4.39 Å². The van der Waals surface area contributed by atoms with Gasteiger partial charge in [-0.1, -0.05) is 18.6 Å². The fourth-order valence-corrected chi connectivity index (χ4v) is 3.02. The molecule has 1 saturated carbocycles. The maximum atomic E-state index is 14.1. The molecule has 0 unspecified atom stereocenters. The molecule has 0 aromatic heterocycles. The lowest BCUT2D eigenvalue weighted by molar-refractivity contribution is 0.148. The summed E-state index contributed by atoms with van der Waals surface area (Å²) in [6.07, 6.45) is 5.65. The Morgan fingerprint density at radius 2 is 2.00 bits per heavy atom. The highest BCUT2D eigenvalue weighted by atomic mass is 79.9. The first-order chi connectivity index (χ1) is 8.59. The lowest BCUT2D eigenvalue weighted by atomic mass is 9.98. The fraction of sp³-hybridized carbons (Fsp3) is 0.462. The molecule has 1 aromatic rings. The first-order valence-electron chi connectivity index (χ1n) is 6.04. The summed E-state index contributed by atoms with van der Waals surface area (Å²) >= 11 is 8.03. The van der Waals surface area contributed by atoms with Crippen molar-refractivity contribution in [2.45, 2.75) is 38.2 Å². The summed E-state index contributed by atoms with van der Waals surface area (Å²) in [6, 6.07) is 3.29. The van der Waals surface area contributed by atoms with E-state index in [2.05, 4.69) is 15.9 Å². The maximum absolute atomic E-state index is 14.1. The van der Waals surface area contributed by atoms with Crippen LogP contribution in [0.1, 0.15) is 37.7 Å². The van der Waals surface area contributed by atoms with Gasteiger partial charge in [-0.05, 0) is 53.7 Å². The quantitative estimate of drug-likeness (QED) is 0.852. The third-order valence-corrected chi connectivity index (χ3v) is 4.15. The van der Waals surface area contributed by atoms with Crippen molar-refractivity contribution in [1.29, 1.82) is 0 Å². The molecule has 1 aromatic carbocycles. The molecule has 2 rings (SSSR count). The fourth-order valence-electron chi connectivity index (χ4n) is 2.18. The molecule has 0 amide bonds. The van der Waals surface area contributed by atoms with Gasteiger partial charge < -0.3 is 10.5 Å². The molecule has 0 bridgehead atoms. The van der Waals surface area contributed by atoms with E-state index in [0.29, 0.717) is 5.56 Å². The monoisotopic (exact) mass is 331 g/mol. The minimum absolute atomic E-state index is 0.121. The maximum Gasteiger partial charge on any atom is 0.179 e. The summed E-state index contributed by atoms with van der Waals surface area (Å²) in [5.74, 6) is -0.153. The van der Waals surface area contributed by atoms with Gasteiger partial charge in [-0.15, -0.1) is 0 Å². The third-order valence-electron chi connectivity index (χ3n) is 3.16. The summed E-state index contributed by atoms with van der Waals surface area (Å²) in [5, 5.41) is 0. The third kappa shape index (κ3) is 3.01. The number of hydrogen-bond donors (Lipinski definition) is 1. The Balaban J connectivity index is 2.18. The average molecular weight is 332 g/mol. The summed E-state index contributed by atoms with van der Waals surface area (Å²) in [7, 11) is 0. The van der Waals surface area contributed by atoms with Gasteiger partial charge in [0.2, 0.25) is 0 Å². The summed E-state index contributed by atoms with van der Waals surface area (Å²) in [4.78, 5) is 0.171. The highest BCUT2D eigenvalue weighted by molar-refractivity contribution is 9.10. The number of hydrogen-bond acceptors (Lipinski definition) is 2. The van der Waals surface area contributed by atoms with Crippen LogP contribution in [0.3, 0.4) is 0 Å². The van der Waals surface area contributed by atoms with Crippen LogP contribution in [0.2, 0.25) is 0 Å². The van der Waals surface area contributed by atoms with E-state index in [1.807, 2.05) is 0 Å². The lowest BCUT2D eigenvalue weighted by Gasteiger charge is -2.23. The van der Waals surface area contributed by atoms with Gasteiger partial charge in [-0.2, -0.15) is 0 Å². The van der Waals surface area contributed by atoms with Crippen LogP contribution in [0.5, 0.6) is 5.75 Å². The molecule has 5 heteroatoms. The van der Waals surface area contributed by atoms with E-state index in [1.54, 1.807) is 12.1 Å². The van der Waals surface area contributed by atoms with Crippen LogP contribution in [0.4, 0.5) is 4.39 Å². The Labute approximate surface area is 120 Å². The van der Waals surface area contributed by atoms with Crippen molar-refractivity contribution in [3.05, 3.63) is 28.0 Å². The van der Waals surface area contributed by atoms with Crippen molar-refractivity contribution < 1.29 is 9.13 Å². The largest absolute Gasteiger partial charge is 0.487 e. The van der Waals surface area contributed by atoms with Gasteiger partial charge >= 0.3 is 0 Å². The van der Waals surface area contributed by atoms with Gasteiger partial charge in [-0.25, -0.2) is 4.39 Å². The normalized spacial score (nSPS) is 16.6. The van der Waals surface area contributed by atoms with Crippen LogP contribution in [-0.2, 0) is 0 Å². The summed E-state index contributed by atoms with van der Waals surface area (Å²) < 4.78 is 20.1. The van der Waals surface area contributed by atoms with Crippen LogP contribution >= 0.6 is 28.1 Å². The zero-order chi connectivity index (χ0) is 13.1. The Morgan fingerprint density at radius 1 is 1.33 bits per heavy atom. The van der Waals surface area contributed by atoms with Crippen LogP contribution in [-0.4, -0.2) is 11.1 Å². The van der Waals surface area contributed by atoms with E-state index in [1.165, 1.54) is 6.42 Å². The van der Waals surface area contributed by atoms with E-state index in [0.717, 1.165) is 25.7 Å². The van der Waals surface area contributed by atoms with E-state index >= 15 is 0 Å². The average Bonchev–Trinajstić information content (AvgIpc) is 2.36. The Hall–Kier alpha value is -0.680. The molecular weight excluding hydrogens is 317 g/mol. The standard InChI is InChI=1S/C13H15BrFNOS/c14-11-9(13(16)18)6-7-10(12(11)15)17-8-4-2-1-3-5-8/h6-8H,1-5H2,(H2,16,18). The Morgan fingerprint density at radius 3 is 2.61 bits per heavy atom. The van der Waals surface area contributed by atoms with Gasteiger partial charge in [0, 0.05) is 5.56 Å². The smallest absolute Gasteiger partial charge is 0.179 e. The first-order valence-corrected chi connectivity index (χ1v) is 7.24. The van der Waals surface area contributed by atoms with Crippen molar-refractivity contribution in [3.8, 4) is 5.75 Å². The predicted molar refractivity (Wildman–Crippen MR) is 77.5 cm³/mol. The second-order valence-electron chi connectivity index (χ2n) is 4.48.